The van der Waals surface area contributed by atoms with Gasteiger partial charge in [0.25, 0.3) is 5.91 Å². The number of aryl methyl sites for hydroxylation is 2. The maximum atomic E-state index is 12.6. The van der Waals surface area contributed by atoms with Crippen LogP contribution in [0, 0.1) is 0 Å². The highest BCUT2D eigenvalue weighted by molar-refractivity contribution is 5.94. The third kappa shape index (κ3) is 3.14. The summed E-state index contributed by atoms with van der Waals surface area (Å²) in [6, 6.07) is 13.1. The lowest BCUT2D eigenvalue weighted by Gasteiger charge is -2.20. The molecule has 2 aromatic rings. The molecule has 114 valence electrons. The first-order valence-electron chi connectivity index (χ1n) is 7.78. The van der Waals surface area contributed by atoms with E-state index in [9.17, 15) is 9.90 Å². The maximum absolute atomic E-state index is 12.6. The van der Waals surface area contributed by atoms with Crippen molar-refractivity contribution >= 4 is 5.91 Å². The molecular weight excluding hydrogens is 274 g/mol. The zero-order valence-electron chi connectivity index (χ0n) is 12.9. The maximum Gasteiger partial charge on any atom is 0.253 e. The van der Waals surface area contributed by atoms with E-state index in [1.165, 1.54) is 24.0 Å². The Balaban J connectivity index is 1.75. The van der Waals surface area contributed by atoms with Crippen molar-refractivity contribution in [3.63, 3.8) is 0 Å². The number of hydrogen-bond donors (Lipinski definition) is 1. The fourth-order valence-corrected chi connectivity index (χ4v) is 3.09. The first-order chi connectivity index (χ1) is 10.6. The summed E-state index contributed by atoms with van der Waals surface area (Å²) in [5.41, 5.74) is 4.39. The molecule has 1 N–H and O–H groups in total. The van der Waals surface area contributed by atoms with Crippen LogP contribution in [0.1, 0.15) is 39.9 Å². The first-order valence-corrected chi connectivity index (χ1v) is 7.78. The average Bonchev–Trinajstić information content (AvgIpc) is 2.53. The second-order valence-corrected chi connectivity index (χ2v) is 6.02. The molecule has 1 aliphatic carbocycles. The molecule has 0 spiro atoms. The van der Waals surface area contributed by atoms with Crippen LogP contribution in [0.4, 0.5) is 0 Å². The third-order valence-electron chi connectivity index (χ3n) is 4.27. The number of fused-ring (bicyclic) bond motifs is 1. The monoisotopic (exact) mass is 295 g/mol. The molecule has 0 atom stereocenters. The molecule has 0 aliphatic heterocycles. The van der Waals surface area contributed by atoms with Crippen molar-refractivity contribution in [2.75, 3.05) is 7.05 Å². The fraction of sp³-hybridized carbons (Fsp3) is 0.316. The Hall–Kier alpha value is -2.29. The minimum Gasteiger partial charge on any atom is -0.508 e. The lowest BCUT2D eigenvalue weighted by Crippen LogP contribution is -2.26. The number of amides is 1. The molecular formula is C19H21NO2. The summed E-state index contributed by atoms with van der Waals surface area (Å²) in [5.74, 6) is 0.254. The predicted octanol–water partition coefficient (Wildman–Crippen LogP) is 3.54. The predicted molar refractivity (Wildman–Crippen MR) is 87.0 cm³/mol. The lowest BCUT2D eigenvalue weighted by molar-refractivity contribution is 0.0785. The van der Waals surface area contributed by atoms with Crippen LogP contribution in [-0.4, -0.2) is 23.0 Å². The summed E-state index contributed by atoms with van der Waals surface area (Å²) < 4.78 is 0. The summed E-state index contributed by atoms with van der Waals surface area (Å²) in [6.45, 7) is 0.490. The standard InChI is InChI=1S/C19H21NO2/c1-20(13-14-5-4-8-18(21)11-14)19(22)17-10-9-15-6-2-3-7-16(15)12-17/h4-5,8-12,21H,2-3,6-7,13H2,1H3. The number of aromatic hydroxyl groups is 1. The summed E-state index contributed by atoms with van der Waals surface area (Å²) in [4.78, 5) is 14.3. The number of phenols is 1. The molecule has 0 saturated carbocycles. The zero-order chi connectivity index (χ0) is 15.5. The van der Waals surface area contributed by atoms with E-state index in [2.05, 4.69) is 12.1 Å². The van der Waals surface area contributed by atoms with E-state index in [0.29, 0.717) is 6.54 Å². The fourth-order valence-electron chi connectivity index (χ4n) is 3.09. The molecule has 0 aromatic heterocycles. The van der Waals surface area contributed by atoms with Gasteiger partial charge in [0.1, 0.15) is 5.75 Å². The zero-order valence-corrected chi connectivity index (χ0v) is 12.9. The number of carbonyl (C=O) groups excluding carboxylic acids is 1. The summed E-state index contributed by atoms with van der Waals surface area (Å²) in [6.07, 6.45) is 4.66. The van der Waals surface area contributed by atoms with Crippen LogP contribution >= 0.6 is 0 Å². The molecule has 0 unspecified atom stereocenters. The normalized spacial score (nSPS) is 13.5. The van der Waals surface area contributed by atoms with Crippen LogP contribution < -0.4 is 0 Å². The number of hydrogen-bond acceptors (Lipinski definition) is 2. The second kappa shape index (κ2) is 6.22. The molecule has 1 amide bonds. The quantitative estimate of drug-likeness (QED) is 0.941. The molecule has 3 nitrogen and oxygen atoms in total. The molecule has 0 saturated heterocycles. The van der Waals surface area contributed by atoms with Crippen LogP contribution in [-0.2, 0) is 19.4 Å². The van der Waals surface area contributed by atoms with Crippen LogP contribution in [0.2, 0.25) is 0 Å². The third-order valence-corrected chi connectivity index (χ3v) is 4.27. The molecule has 2 aromatic carbocycles. The number of benzene rings is 2. The van der Waals surface area contributed by atoms with E-state index in [0.717, 1.165) is 24.0 Å². The van der Waals surface area contributed by atoms with E-state index in [1.807, 2.05) is 12.1 Å². The molecule has 3 heteroatoms. The van der Waals surface area contributed by atoms with E-state index in [1.54, 1.807) is 30.1 Å². The van der Waals surface area contributed by atoms with Gasteiger partial charge in [0.15, 0.2) is 0 Å². The van der Waals surface area contributed by atoms with Gasteiger partial charge in [-0.05, 0) is 66.6 Å². The highest BCUT2D eigenvalue weighted by atomic mass is 16.3. The minimum absolute atomic E-state index is 0.0247. The van der Waals surface area contributed by atoms with Crippen molar-refractivity contribution in [1.29, 1.82) is 0 Å². The smallest absolute Gasteiger partial charge is 0.253 e. The van der Waals surface area contributed by atoms with Gasteiger partial charge in [-0.3, -0.25) is 4.79 Å². The summed E-state index contributed by atoms with van der Waals surface area (Å²) >= 11 is 0. The largest absolute Gasteiger partial charge is 0.508 e. The number of carbonyl (C=O) groups is 1. The van der Waals surface area contributed by atoms with Gasteiger partial charge in [-0.15, -0.1) is 0 Å². The highest BCUT2D eigenvalue weighted by Gasteiger charge is 2.16. The number of nitrogens with zero attached hydrogens (tertiary/aromatic N) is 1. The van der Waals surface area contributed by atoms with Gasteiger partial charge in [-0.25, -0.2) is 0 Å². The second-order valence-electron chi connectivity index (χ2n) is 6.02. The first kappa shape index (κ1) is 14.6. The molecule has 22 heavy (non-hydrogen) atoms. The molecule has 0 bridgehead atoms. The lowest BCUT2D eigenvalue weighted by atomic mass is 9.90. The van der Waals surface area contributed by atoms with Crippen LogP contribution in [0.15, 0.2) is 42.5 Å². The van der Waals surface area contributed by atoms with E-state index < -0.39 is 0 Å². The topological polar surface area (TPSA) is 40.5 Å². The van der Waals surface area contributed by atoms with E-state index in [-0.39, 0.29) is 11.7 Å². The Morgan fingerprint density at radius 2 is 1.86 bits per heavy atom. The molecule has 3 rings (SSSR count). The average molecular weight is 295 g/mol. The molecule has 0 fully saturated rings. The van der Waals surface area contributed by atoms with Crippen LogP contribution in [0.25, 0.3) is 0 Å². The Morgan fingerprint density at radius 3 is 2.64 bits per heavy atom. The van der Waals surface area contributed by atoms with Gasteiger partial charge in [0.05, 0.1) is 0 Å². The van der Waals surface area contributed by atoms with Crippen molar-refractivity contribution in [2.45, 2.75) is 32.2 Å². The van der Waals surface area contributed by atoms with E-state index in [4.69, 9.17) is 0 Å². The van der Waals surface area contributed by atoms with Crippen molar-refractivity contribution in [3.05, 3.63) is 64.7 Å². The molecule has 0 radical (unpaired) electrons. The van der Waals surface area contributed by atoms with Gasteiger partial charge < -0.3 is 10.0 Å². The van der Waals surface area contributed by atoms with Crippen LogP contribution in [0.5, 0.6) is 5.75 Å². The Kier molecular flexibility index (Phi) is 4.14. The van der Waals surface area contributed by atoms with Gasteiger partial charge in [0.2, 0.25) is 0 Å². The van der Waals surface area contributed by atoms with Gasteiger partial charge in [-0.2, -0.15) is 0 Å². The van der Waals surface area contributed by atoms with Gasteiger partial charge in [-0.1, -0.05) is 18.2 Å². The SMILES string of the molecule is CN(Cc1cccc(O)c1)C(=O)c1ccc2c(c1)CCCC2. The summed E-state index contributed by atoms with van der Waals surface area (Å²) in [5, 5.41) is 9.51. The molecule has 0 heterocycles. The minimum atomic E-state index is 0.0247. The van der Waals surface area contributed by atoms with Crippen molar-refractivity contribution in [1.82, 2.24) is 4.90 Å². The Labute approximate surface area is 131 Å². The van der Waals surface area contributed by atoms with Gasteiger partial charge >= 0.3 is 0 Å². The van der Waals surface area contributed by atoms with Crippen molar-refractivity contribution in [2.24, 2.45) is 0 Å². The van der Waals surface area contributed by atoms with Gasteiger partial charge in [0, 0.05) is 19.2 Å². The van der Waals surface area contributed by atoms with Crippen molar-refractivity contribution < 1.29 is 9.90 Å². The molecule has 1 aliphatic rings. The Bertz CT molecular complexity index is 694. The number of phenolic OH excluding ortho intramolecular Hbond substituents is 1. The van der Waals surface area contributed by atoms with Crippen LogP contribution in [0.3, 0.4) is 0 Å². The van der Waals surface area contributed by atoms with Crippen molar-refractivity contribution in [3.8, 4) is 5.75 Å². The number of rotatable bonds is 3. The summed E-state index contributed by atoms with van der Waals surface area (Å²) in [7, 11) is 1.80. The van der Waals surface area contributed by atoms with E-state index >= 15 is 0 Å². The highest BCUT2D eigenvalue weighted by Crippen LogP contribution is 2.23. The Morgan fingerprint density at radius 1 is 1.09 bits per heavy atom.